The molecule has 0 aromatic carbocycles. The molecule has 2 heterocycles. The van der Waals surface area contributed by atoms with Crippen molar-refractivity contribution >= 4 is 5.91 Å². The van der Waals surface area contributed by atoms with Gasteiger partial charge in [-0.2, -0.15) is 0 Å². The van der Waals surface area contributed by atoms with Gasteiger partial charge in [0.25, 0.3) is 11.5 Å². The van der Waals surface area contributed by atoms with Gasteiger partial charge < -0.3 is 14.6 Å². The maximum atomic E-state index is 12.6. The summed E-state index contributed by atoms with van der Waals surface area (Å²) in [6, 6.07) is 3.29. The Morgan fingerprint density at radius 3 is 2.82 bits per heavy atom. The number of carbonyl (C=O) groups excluding carboxylic acids is 1. The smallest absolute Gasteiger partial charge is 0.263 e. The molecule has 1 fully saturated rings. The van der Waals surface area contributed by atoms with Gasteiger partial charge in [0.05, 0.1) is 5.60 Å². The number of nitrogens with zero attached hydrogens (tertiary/aromatic N) is 2. The molecule has 0 unspecified atom stereocenters. The summed E-state index contributed by atoms with van der Waals surface area (Å²) in [4.78, 5) is 26.5. The van der Waals surface area contributed by atoms with E-state index in [1.165, 1.54) is 4.57 Å². The van der Waals surface area contributed by atoms with E-state index in [4.69, 9.17) is 0 Å². The average molecular weight is 306 g/mol. The zero-order valence-electron chi connectivity index (χ0n) is 13.9. The highest BCUT2D eigenvalue weighted by molar-refractivity contribution is 5.93. The summed E-state index contributed by atoms with van der Waals surface area (Å²) in [5.41, 5.74) is -0.817. The van der Waals surface area contributed by atoms with Gasteiger partial charge in [-0.1, -0.05) is 13.8 Å². The van der Waals surface area contributed by atoms with E-state index in [9.17, 15) is 14.7 Å². The third kappa shape index (κ3) is 3.40. The number of piperidine rings is 1. The monoisotopic (exact) mass is 306 g/mol. The fourth-order valence-electron chi connectivity index (χ4n) is 3.13. The third-order valence-electron chi connectivity index (χ3n) is 4.60. The molecule has 0 spiro atoms. The molecule has 2 atom stereocenters. The molecule has 0 aliphatic carbocycles. The Kier molecular flexibility index (Phi) is 4.75. The van der Waals surface area contributed by atoms with Gasteiger partial charge in [0.1, 0.15) is 5.56 Å². The molecule has 1 aliphatic heterocycles. The molecule has 1 amide bonds. The van der Waals surface area contributed by atoms with Crippen LogP contribution in [-0.4, -0.2) is 39.2 Å². The molecule has 0 saturated carbocycles. The number of aryl methyl sites for hydroxylation is 1. The van der Waals surface area contributed by atoms with E-state index >= 15 is 0 Å². The normalized spacial score (nSPS) is 25.5. The number of aliphatic hydroxyl groups is 1. The minimum atomic E-state index is -0.747. The van der Waals surface area contributed by atoms with E-state index in [2.05, 4.69) is 13.8 Å². The van der Waals surface area contributed by atoms with Crippen molar-refractivity contribution in [3.63, 3.8) is 0 Å². The lowest BCUT2D eigenvalue weighted by molar-refractivity contribution is -0.0577. The Balaban J connectivity index is 2.21. The van der Waals surface area contributed by atoms with E-state index in [0.29, 0.717) is 25.4 Å². The van der Waals surface area contributed by atoms with Gasteiger partial charge in [-0.15, -0.1) is 0 Å². The number of likely N-dealkylation sites (tertiary alicyclic amines) is 1. The maximum Gasteiger partial charge on any atom is 0.263 e. The van der Waals surface area contributed by atoms with Crippen LogP contribution >= 0.6 is 0 Å². The number of pyridine rings is 1. The van der Waals surface area contributed by atoms with Crippen LogP contribution in [0, 0.1) is 11.8 Å². The largest absolute Gasteiger partial charge is 0.390 e. The van der Waals surface area contributed by atoms with Crippen molar-refractivity contribution in [1.29, 1.82) is 0 Å². The highest BCUT2D eigenvalue weighted by Gasteiger charge is 2.39. The molecule has 2 rings (SSSR count). The lowest BCUT2D eigenvalue weighted by atomic mass is 9.78. The van der Waals surface area contributed by atoms with Gasteiger partial charge in [0.15, 0.2) is 0 Å². The van der Waals surface area contributed by atoms with Crippen LogP contribution in [-0.2, 0) is 7.05 Å². The first-order chi connectivity index (χ1) is 10.2. The van der Waals surface area contributed by atoms with Crippen molar-refractivity contribution in [1.82, 2.24) is 9.47 Å². The van der Waals surface area contributed by atoms with Crippen LogP contribution < -0.4 is 5.56 Å². The van der Waals surface area contributed by atoms with Gasteiger partial charge in [0.2, 0.25) is 0 Å². The van der Waals surface area contributed by atoms with Crippen molar-refractivity contribution in [2.75, 3.05) is 13.1 Å². The van der Waals surface area contributed by atoms with E-state index in [1.807, 2.05) is 6.92 Å². The highest BCUT2D eigenvalue weighted by atomic mass is 16.3. The summed E-state index contributed by atoms with van der Waals surface area (Å²) in [6.07, 6.45) is 3.05. The van der Waals surface area contributed by atoms with Crippen LogP contribution in [0.5, 0.6) is 0 Å². The van der Waals surface area contributed by atoms with Crippen LogP contribution in [0.25, 0.3) is 0 Å². The Hall–Kier alpha value is -1.62. The van der Waals surface area contributed by atoms with E-state index < -0.39 is 5.60 Å². The first-order valence-corrected chi connectivity index (χ1v) is 7.89. The van der Waals surface area contributed by atoms with Gasteiger partial charge >= 0.3 is 0 Å². The molecule has 0 bridgehead atoms. The molecule has 5 nitrogen and oxygen atoms in total. The Morgan fingerprint density at radius 2 is 2.18 bits per heavy atom. The van der Waals surface area contributed by atoms with Crippen molar-refractivity contribution in [3.8, 4) is 0 Å². The Morgan fingerprint density at radius 1 is 1.50 bits per heavy atom. The molecule has 1 aromatic rings. The summed E-state index contributed by atoms with van der Waals surface area (Å²) >= 11 is 0. The molecule has 1 aromatic heterocycles. The van der Waals surface area contributed by atoms with Gasteiger partial charge in [0, 0.05) is 32.3 Å². The van der Waals surface area contributed by atoms with E-state index in [-0.39, 0.29) is 22.9 Å². The molecule has 22 heavy (non-hydrogen) atoms. The molecule has 0 radical (unpaired) electrons. The Bertz CT molecular complexity index is 604. The first kappa shape index (κ1) is 16.7. The molecule has 1 N–H and O–H groups in total. The molecule has 1 aliphatic rings. The first-order valence-electron chi connectivity index (χ1n) is 7.89. The molecule has 122 valence electrons. The minimum absolute atomic E-state index is 0.0396. The van der Waals surface area contributed by atoms with Crippen LogP contribution in [0.2, 0.25) is 0 Å². The predicted molar refractivity (Wildman–Crippen MR) is 85.8 cm³/mol. The second-order valence-corrected chi connectivity index (χ2v) is 7.02. The summed E-state index contributed by atoms with van der Waals surface area (Å²) in [5.74, 6) is 0.263. The number of aromatic nitrogens is 1. The number of rotatable bonds is 3. The van der Waals surface area contributed by atoms with Crippen LogP contribution in [0.4, 0.5) is 0 Å². The van der Waals surface area contributed by atoms with Crippen LogP contribution in [0.15, 0.2) is 23.1 Å². The SMILES string of the molecule is CC(C)C[C@@H]1CN(C(=O)c2cccn(C)c2=O)CC[C@]1(C)O. The van der Waals surface area contributed by atoms with Crippen LogP contribution in [0.3, 0.4) is 0 Å². The van der Waals surface area contributed by atoms with E-state index in [1.54, 1.807) is 30.3 Å². The van der Waals surface area contributed by atoms with Gasteiger partial charge in [-0.05, 0) is 37.8 Å². The summed E-state index contributed by atoms with van der Waals surface area (Å²) in [6.45, 7) is 7.07. The topological polar surface area (TPSA) is 62.5 Å². The quantitative estimate of drug-likeness (QED) is 0.923. The summed E-state index contributed by atoms with van der Waals surface area (Å²) in [7, 11) is 1.64. The second-order valence-electron chi connectivity index (χ2n) is 7.02. The van der Waals surface area contributed by atoms with Crippen LogP contribution in [0.1, 0.15) is 44.0 Å². The zero-order valence-corrected chi connectivity index (χ0v) is 13.9. The zero-order chi connectivity index (χ0) is 16.5. The lowest BCUT2D eigenvalue weighted by Crippen LogP contribution is -2.53. The fraction of sp³-hybridized carbons (Fsp3) is 0.647. The third-order valence-corrected chi connectivity index (χ3v) is 4.60. The fourth-order valence-corrected chi connectivity index (χ4v) is 3.13. The lowest BCUT2D eigenvalue weighted by Gasteiger charge is -2.43. The van der Waals surface area contributed by atoms with Crippen molar-refractivity contribution in [2.45, 2.75) is 39.2 Å². The summed E-state index contributed by atoms with van der Waals surface area (Å²) < 4.78 is 1.42. The second kappa shape index (κ2) is 6.24. The van der Waals surface area contributed by atoms with Crippen molar-refractivity contribution in [2.24, 2.45) is 18.9 Å². The maximum absolute atomic E-state index is 12.6. The van der Waals surface area contributed by atoms with Crippen molar-refractivity contribution in [3.05, 3.63) is 34.2 Å². The van der Waals surface area contributed by atoms with E-state index in [0.717, 1.165) is 6.42 Å². The number of amides is 1. The molecule has 1 saturated heterocycles. The predicted octanol–water partition coefficient (Wildman–Crippen LogP) is 1.64. The minimum Gasteiger partial charge on any atom is -0.390 e. The summed E-state index contributed by atoms with van der Waals surface area (Å²) in [5, 5.41) is 10.5. The molecular formula is C17H26N2O3. The van der Waals surface area contributed by atoms with Crippen molar-refractivity contribution < 1.29 is 9.90 Å². The van der Waals surface area contributed by atoms with Gasteiger partial charge in [-0.3, -0.25) is 9.59 Å². The number of carbonyl (C=O) groups is 1. The number of hydrogen-bond acceptors (Lipinski definition) is 3. The van der Waals surface area contributed by atoms with Gasteiger partial charge in [-0.25, -0.2) is 0 Å². The average Bonchev–Trinajstić information content (AvgIpc) is 2.43. The standard InChI is InChI=1S/C17H26N2O3/c1-12(2)10-13-11-19(9-7-17(13,3)22)16(21)14-6-5-8-18(4)15(14)20/h5-6,8,12-13,22H,7,9-11H2,1-4H3/t13-,17+/m1/s1. The number of hydrogen-bond donors (Lipinski definition) is 1. The molecule has 5 heteroatoms. The highest BCUT2D eigenvalue weighted by Crippen LogP contribution is 2.32. The molecular weight excluding hydrogens is 280 g/mol. The Labute approximate surface area is 131 Å².